The number of ether oxygens (including phenoxy) is 1. The minimum Gasteiger partial charge on any atom is -0.487 e. The highest BCUT2D eigenvalue weighted by molar-refractivity contribution is 5.48. The molecule has 0 fully saturated rings. The van der Waals surface area contributed by atoms with Gasteiger partial charge in [0.15, 0.2) is 0 Å². The van der Waals surface area contributed by atoms with Gasteiger partial charge in [-0.1, -0.05) is 18.2 Å². The second-order valence-electron chi connectivity index (χ2n) is 5.85. The lowest BCUT2D eigenvalue weighted by Crippen LogP contribution is -2.25. The summed E-state index contributed by atoms with van der Waals surface area (Å²) in [6.07, 6.45) is 3.71. The van der Waals surface area contributed by atoms with Crippen molar-refractivity contribution in [1.82, 2.24) is 9.55 Å². The molecule has 0 bridgehead atoms. The number of fused-ring (bicyclic) bond motifs is 1. The monoisotopic (exact) mass is 272 g/mol. The third-order valence-electron chi connectivity index (χ3n) is 3.75. The predicted octanol–water partition coefficient (Wildman–Crippen LogP) is 2.70. The van der Waals surface area contributed by atoms with E-state index < -0.39 is 6.10 Å². The zero-order chi connectivity index (χ0) is 14.3. The minimum absolute atomic E-state index is 0.210. The van der Waals surface area contributed by atoms with E-state index in [1.165, 1.54) is 0 Å². The summed E-state index contributed by atoms with van der Waals surface area (Å²) in [5.74, 6) is 1.48. The third-order valence-corrected chi connectivity index (χ3v) is 3.75. The van der Waals surface area contributed by atoms with Gasteiger partial charge in [-0.05, 0) is 26.3 Å². The molecule has 106 valence electrons. The molecule has 1 aromatic heterocycles. The molecule has 1 N–H and O–H groups in total. The molecular weight excluding hydrogens is 252 g/mol. The van der Waals surface area contributed by atoms with Crippen LogP contribution < -0.4 is 4.74 Å². The van der Waals surface area contributed by atoms with Crippen molar-refractivity contribution in [3.8, 4) is 5.75 Å². The van der Waals surface area contributed by atoms with Crippen LogP contribution in [0.2, 0.25) is 0 Å². The second-order valence-corrected chi connectivity index (χ2v) is 5.85. The summed E-state index contributed by atoms with van der Waals surface area (Å²) in [6, 6.07) is 5.95. The Morgan fingerprint density at radius 2 is 2.25 bits per heavy atom. The number of hydrogen-bond donors (Lipinski definition) is 1. The van der Waals surface area contributed by atoms with Crippen LogP contribution in [0.3, 0.4) is 0 Å². The van der Waals surface area contributed by atoms with Crippen molar-refractivity contribution in [1.29, 1.82) is 0 Å². The van der Waals surface area contributed by atoms with E-state index in [1.54, 1.807) is 6.20 Å². The topological polar surface area (TPSA) is 47.3 Å². The third kappa shape index (κ3) is 2.10. The Kier molecular flexibility index (Phi) is 3.05. The average molecular weight is 272 g/mol. The fourth-order valence-electron chi connectivity index (χ4n) is 2.83. The first-order valence-corrected chi connectivity index (χ1v) is 7.02. The van der Waals surface area contributed by atoms with E-state index in [1.807, 2.05) is 29.8 Å². The fourth-order valence-corrected chi connectivity index (χ4v) is 2.83. The molecule has 1 aromatic carbocycles. The van der Waals surface area contributed by atoms with Crippen LogP contribution in [0.5, 0.6) is 5.75 Å². The second kappa shape index (κ2) is 4.63. The van der Waals surface area contributed by atoms with Crippen LogP contribution in [-0.4, -0.2) is 20.3 Å². The zero-order valence-electron chi connectivity index (χ0n) is 12.1. The van der Waals surface area contributed by atoms with E-state index in [0.717, 1.165) is 29.8 Å². The quantitative estimate of drug-likeness (QED) is 0.934. The lowest BCUT2D eigenvalue weighted by molar-refractivity contribution is 0.130. The number of imidazole rings is 1. The molecule has 4 nitrogen and oxygen atoms in total. The summed E-state index contributed by atoms with van der Waals surface area (Å²) in [7, 11) is 0. The van der Waals surface area contributed by atoms with Gasteiger partial charge in [0.25, 0.3) is 0 Å². The van der Waals surface area contributed by atoms with E-state index in [2.05, 4.69) is 24.9 Å². The van der Waals surface area contributed by atoms with Crippen molar-refractivity contribution < 1.29 is 9.84 Å². The molecule has 1 aliphatic rings. The highest BCUT2D eigenvalue weighted by atomic mass is 16.5. The Morgan fingerprint density at radius 3 is 3.00 bits per heavy atom. The van der Waals surface area contributed by atoms with Gasteiger partial charge in [-0.15, -0.1) is 0 Å². The van der Waals surface area contributed by atoms with Crippen LogP contribution in [0.15, 0.2) is 30.6 Å². The number of para-hydroxylation sites is 1. The van der Waals surface area contributed by atoms with Gasteiger partial charge in [-0.2, -0.15) is 0 Å². The molecule has 0 spiro atoms. The number of rotatable bonds is 3. The van der Waals surface area contributed by atoms with Crippen LogP contribution in [0, 0.1) is 0 Å². The first-order valence-electron chi connectivity index (χ1n) is 7.02. The van der Waals surface area contributed by atoms with Crippen molar-refractivity contribution in [2.45, 2.75) is 45.4 Å². The first-order chi connectivity index (χ1) is 9.52. The van der Waals surface area contributed by atoms with Gasteiger partial charge in [0.1, 0.15) is 23.3 Å². The Labute approximate surface area is 119 Å². The fraction of sp³-hybridized carbons (Fsp3) is 0.438. The summed E-state index contributed by atoms with van der Waals surface area (Å²) in [5, 5.41) is 10.7. The van der Waals surface area contributed by atoms with Gasteiger partial charge in [-0.25, -0.2) is 4.98 Å². The van der Waals surface area contributed by atoms with Crippen molar-refractivity contribution in [2.24, 2.45) is 0 Å². The zero-order valence-corrected chi connectivity index (χ0v) is 12.1. The maximum atomic E-state index is 10.7. The maximum Gasteiger partial charge on any atom is 0.142 e. The van der Waals surface area contributed by atoms with Crippen molar-refractivity contribution in [2.75, 3.05) is 0 Å². The summed E-state index contributed by atoms with van der Waals surface area (Å²) >= 11 is 0. The predicted molar refractivity (Wildman–Crippen MR) is 76.8 cm³/mol. The van der Waals surface area contributed by atoms with E-state index in [9.17, 15) is 5.11 Å². The standard InChI is InChI=1S/C16H20N2O2/c1-4-18-9-8-17-15(18)13(19)12-7-5-6-11-10-16(2,3)20-14(11)12/h5-9,13,19H,4,10H2,1-3H3. The first kappa shape index (κ1) is 13.2. The smallest absolute Gasteiger partial charge is 0.142 e. The Morgan fingerprint density at radius 1 is 1.45 bits per heavy atom. The van der Waals surface area contributed by atoms with E-state index in [0.29, 0.717) is 5.82 Å². The van der Waals surface area contributed by atoms with Crippen LogP contribution in [0.1, 0.15) is 43.8 Å². The van der Waals surface area contributed by atoms with Crippen LogP contribution in [0.25, 0.3) is 0 Å². The summed E-state index contributed by atoms with van der Waals surface area (Å²) in [6.45, 7) is 6.95. The maximum absolute atomic E-state index is 10.7. The van der Waals surface area contributed by atoms with E-state index in [-0.39, 0.29) is 5.60 Å². The van der Waals surface area contributed by atoms with E-state index in [4.69, 9.17) is 4.74 Å². The molecule has 0 saturated heterocycles. The van der Waals surface area contributed by atoms with Crippen molar-refractivity contribution in [3.05, 3.63) is 47.5 Å². The Hall–Kier alpha value is -1.81. The van der Waals surface area contributed by atoms with Gasteiger partial charge in [0.05, 0.1) is 0 Å². The molecule has 1 atom stereocenters. The molecule has 0 saturated carbocycles. The Bertz CT molecular complexity index is 631. The molecular formula is C16H20N2O2. The normalized spacial score (nSPS) is 17.6. The van der Waals surface area contributed by atoms with Crippen molar-refractivity contribution >= 4 is 0 Å². The minimum atomic E-state index is -0.756. The lowest BCUT2D eigenvalue weighted by atomic mass is 9.99. The molecule has 2 heterocycles. The highest BCUT2D eigenvalue weighted by Crippen LogP contribution is 2.41. The molecule has 0 aliphatic carbocycles. The van der Waals surface area contributed by atoms with Crippen LogP contribution >= 0.6 is 0 Å². The summed E-state index contributed by atoms with van der Waals surface area (Å²) in [5.41, 5.74) is 1.74. The number of hydrogen-bond acceptors (Lipinski definition) is 3. The molecule has 1 aliphatic heterocycles. The van der Waals surface area contributed by atoms with Gasteiger partial charge in [0.2, 0.25) is 0 Å². The number of benzene rings is 1. The number of aryl methyl sites for hydroxylation is 1. The molecule has 2 aromatic rings. The summed E-state index contributed by atoms with van der Waals surface area (Å²) < 4.78 is 7.97. The van der Waals surface area contributed by atoms with Crippen LogP contribution in [0.4, 0.5) is 0 Å². The summed E-state index contributed by atoms with van der Waals surface area (Å²) in [4.78, 5) is 4.28. The number of aliphatic hydroxyl groups is 1. The molecule has 1 unspecified atom stereocenters. The van der Waals surface area contributed by atoms with Gasteiger partial charge in [0, 0.05) is 30.9 Å². The SMILES string of the molecule is CCn1ccnc1C(O)c1cccc2c1OC(C)(C)C2. The number of nitrogens with zero attached hydrogens (tertiary/aromatic N) is 2. The lowest BCUT2D eigenvalue weighted by Gasteiger charge is -2.20. The molecule has 4 heteroatoms. The number of aliphatic hydroxyl groups excluding tert-OH is 1. The number of aromatic nitrogens is 2. The van der Waals surface area contributed by atoms with Gasteiger partial charge >= 0.3 is 0 Å². The molecule has 20 heavy (non-hydrogen) atoms. The largest absolute Gasteiger partial charge is 0.487 e. The van der Waals surface area contributed by atoms with Crippen LogP contribution in [-0.2, 0) is 13.0 Å². The molecule has 3 rings (SSSR count). The average Bonchev–Trinajstić information content (AvgIpc) is 2.98. The molecule has 0 radical (unpaired) electrons. The highest BCUT2D eigenvalue weighted by Gasteiger charge is 2.33. The molecule has 0 amide bonds. The van der Waals surface area contributed by atoms with Gasteiger partial charge in [-0.3, -0.25) is 0 Å². The van der Waals surface area contributed by atoms with E-state index >= 15 is 0 Å². The van der Waals surface area contributed by atoms with Crippen molar-refractivity contribution in [3.63, 3.8) is 0 Å². The van der Waals surface area contributed by atoms with Gasteiger partial charge < -0.3 is 14.4 Å². The Balaban J connectivity index is 2.03.